The summed E-state index contributed by atoms with van der Waals surface area (Å²) in [5.74, 6) is -1.03. The molecule has 110 valence electrons. The number of anilines is 1. The number of hydrogen-bond donors (Lipinski definition) is 2. The average Bonchev–Trinajstić information content (AvgIpc) is 2.41. The van der Waals surface area contributed by atoms with Crippen LogP contribution in [0.5, 0.6) is 0 Å². The molecular weight excluding hydrogens is 324 g/mol. The highest BCUT2D eigenvalue weighted by Crippen LogP contribution is 2.24. The van der Waals surface area contributed by atoms with Gasteiger partial charge in [0, 0.05) is 17.1 Å². The van der Waals surface area contributed by atoms with E-state index >= 15 is 0 Å². The Morgan fingerprint density at radius 3 is 2.55 bits per heavy atom. The molecule has 1 rings (SSSR count). The molecule has 1 aromatic rings. The normalized spacial score (nSPS) is 11.8. The van der Waals surface area contributed by atoms with E-state index in [9.17, 15) is 9.59 Å². The van der Waals surface area contributed by atoms with Crippen LogP contribution in [-0.4, -0.2) is 34.6 Å². The van der Waals surface area contributed by atoms with E-state index in [1.165, 1.54) is 12.1 Å². The van der Waals surface area contributed by atoms with Crippen molar-refractivity contribution in [3.8, 4) is 0 Å². The number of carboxylic acid groups (broad SMARTS) is 1. The van der Waals surface area contributed by atoms with E-state index in [1.807, 2.05) is 20.8 Å². The molecule has 2 amide bonds. The van der Waals surface area contributed by atoms with Crippen LogP contribution in [0.4, 0.5) is 10.5 Å². The molecule has 2 N–H and O–H groups in total. The summed E-state index contributed by atoms with van der Waals surface area (Å²) in [6.45, 7) is 6.50. The van der Waals surface area contributed by atoms with Crippen LogP contribution < -0.4 is 5.32 Å². The van der Waals surface area contributed by atoms with Gasteiger partial charge in [-0.05, 0) is 54.4 Å². The van der Waals surface area contributed by atoms with Gasteiger partial charge in [0.05, 0.1) is 11.3 Å². The minimum atomic E-state index is -1.03. The van der Waals surface area contributed by atoms with Crippen molar-refractivity contribution in [1.29, 1.82) is 0 Å². The molecular formula is C14H19BrN2O3. The van der Waals surface area contributed by atoms with Crippen LogP contribution in [0.2, 0.25) is 0 Å². The van der Waals surface area contributed by atoms with Crippen molar-refractivity contribution >= 4 is 33.6 Å². The molecule has 0 spiro atoms. The van der Waals surface area contributed by atoms with E-state index in [0.717, 1.165) is 6.42 Å². The minimum Gasteiger partial charge on any atom is -0.478 e. The van der Waals surface area contributed by atoms with Crippen molar-refractivity contribution in [2.45, 2.75) is 33.2 Å². The molecule has 1 unspecified atom stereocenters. The largest absolute Gasteiger partial charge is 0.478 e. The second-order valence-corrected chi connectivity index (χ2v) is 5.33. The zero-order valence-corrected chi connectivity index (χ0v) is 13.4. The summed E-state index contributed by atoms with van der Waals surface area (Å²) in [5, 5.41) is 11.7. The molecule has 6 heteroatoms. The molecule has 0 heterocycles. The molecule has 0 saturated carbocycles. The summed E-state index contributed by atoms with van der Waals surface area (Å²) in [7, 11) is 0. The van der Waals surface area contributed by atoms with Crippen molar-refractivity contribution in [2.24, 2.45) is 0 Å². The highest BCUT2D eigenvalue weighted by molar-refractivity contribution is 9.10. The van der Waals surface area contributed by atoms with Crippen LogP contribution in [0.25, 0.3) is 0 Å². The first kappa shape index (κ1) is 16.5. The number of amides is 2. The van der Waals surface area contributed by atoms with Crippen LogP contribution >= 0.6 is 15.9 Å². The van der Waals surface area contributed by atoms with Crippen LogP contribution in [0.1, 0.15) is 37.6 Å². The molecule has 0 aliphatic heterocycles. The van der Waals surface area contributed by atoms with Crippen molar-refractivity contribution in [3.05, 3.63) is 28.2 Å². The average molecular weight is 343 g/mol. The highest BCUT2D eigenvalue weighted by Gasteiger charge is 2.18. The maximum absolute atomic E-state index is 12.2. The summed E-state index contributed by atoms with van der Waals surface area (Å²) < 4.78 is 0.649. The number of carbonyl (C=O) groups is 2. The van der Waals surface area contributed by atoms with Gasteiger partial charge in [-0.15, -0.1) is 0 Å². The number of rotatable bonds is 5. The van der Waals surface area contributed by atoms with Gasteiger partial charge >= 0.3 is 12.0 Å². The Labute approximate surface area is 127 Å². The van der Waals surface area contributed by atoms with E-state index in [0.29, 0.717) is 16.7 Å². The Morgan fingerprint density at radius 1 is 1.40 bits per heavy atom. The lowest BCUT2D eigenvalue weighted by Gasteiger charge is -2.27. The maximum atomic E-state index is 12.2. The minimum absolute atomic E-state index is 0.126. The highest BCUT2D eigenvalue weighted by atomic mass is 79.9. The smallest absolute Gasteiger partial charge is 0.335 e. The molecule has 0 fully saturated rings. The Kier molecular flexibility index (Phi) is 6.01. The van der Waals surface area contributed by atoms with Gasteiger partial charge in [-0.2, -0.15) is 0 Å². The van der Waals surface area contributed by atoms with Gasteiger partial charge in [-0.25, -0.2) is 9.59 Å². The molecule has 0 aliphatic rings. The van der Waals surface area contributed by atoms with E-state index < -0.39 is 5.97 Å². The predicted molar refractivity (Wildman–Crippen MR) is 82.3 cm³/mol. The molecule has 0 aromatic heterocycles. The quantitative estimate of drug-likeness (QED) is 0.854. The lowest BCUT2D eigenvalue weighted by atomic mass is 10.2. The van der Waals surface area contributed by atoms with Crippen LogP contribution in [0, 0.1) is 0 Å². The predicted octanol–water partition coefficient (Wildman–Crippen LogP) is 3.80. The second kappa shape index (κ2) is 7.28. The summed E-state index contributed by atoms with van der Waals surface area (Å²) in [5.41, 5.74) is 0.590. The summed E-state index contributed by atoms with van der Waals surface area (Å²) in [4.78, 5) is 24.9. The molecule has 0 radical (unpaired) electrons. The standard InChI is InChI=1S/C14H19BrN2O3/c1-4-9(3)17(5-2)14(20)16-12-8-10(13(18)19)6-7-11(12)15/h6-9H,4-5H2,1-3H3,(H,16,20)(H,18,19). The Hall–Kier alpha value is -1.56. The third kappa shape index (κ3) is 3.96. The van der Waals surface area contributed by atoms with Gasteiger partial charge in [0.2, 0.25) is 0 Å². The van der Waals surface area contributed by atoms with E-state index in [4.69, 9.17) is 5.11 Å². The number of halogens is 1. The molecule has 0 aliphatic carbocycles. The van der Waals surface area contributed by atoms with Crippen LogP contribution in [0.3, 0.4) is 0 Å². The fraction of sp³-hybridized carbons (Fsp3) is 0.429. The van der Waals surface area contributed by atoms with Crippen molar-refractivity contribution in [3.63, 3.8) is 0 Å². The fourth-order valence-electron chi connectivity index (χ4n) is 1.82. The lowest BCUT2D eigenvalue weighted by molar-refractivity contribution is 0.0697. The number of benzene rings is 1. The van der Waals surface area contributed by atoms with Crippen molar-refractivity contribution in [1.82, 2.24) is 4.90 Å². The number of carbonyl (C=O) groups excluding carboxylic acids is 1. The molecule has 1 aromatic carbocycles. The Bertz CT molecular complexity index is 505. The molecule has 1 atom stereocenters. The number of aromatic carboxylic acids is 1. The zero-order valence-electron chi connectivity index (χ0n) is 11.8. The monoisotopic (exact) mass is 342 g/mol. The molecule has 0 saturated heterocycles. The number of hydrogen-bond acceptors (Lipinski definition) is 2. The number of urea groups is 1. The number of carboxylic acids is 1. The maximum Gasteiger partial charge on any atom is 0.335 e. The van der Waals surface area contributed by atoms with E-state index in [1.54, 1.807) is 11.0 Å². The van der Waals surface area contributed by atoms with Crippen LogP contribution in [0.15, 0.2) is 22.7 Å². The molecule has 0 bridgehead atoms. The zero-order chi connectivity index (χ0) is 15.3. The Balaban J connectivity index is 2.94. The summed E-state index contributed by atoms with van der Waals surface area (Å²) in [6.07, 6.45) is 0.859. The fourth-order valence-corrected chi connectivity index (χ4v) is 2.16. The molecule has 20 heavy (non-hydrogen) atoms. The summed E-state index contributed by atoms with van der Waals surface area (Å²) in [6, 6.07) is 4.42. The van der Waals surface area contributed by atoms with Crippen LogP contribution in [-0.2, 0) is 0 Å². The molecule has 5 nitrogen and oxygen atoms in total. The van der Waals surface area contributed by atoms with Gasteiger partial charge in [0.25, 0.3) is 0 Å². The Morgan fingerprint density at radius 2 is 2.05 bits per heavy atom. The third-order valence-electron chi connectivity index (χ3n) is 3.18. The first-order chi connectivity index (χ1) is 9.40. The first-order valence-corrected chi connectivity index (χ1v) is 7.30. The lowest BCUT2D eigenvalue weighted by Crippen LogP contribution is -2.41. The van der Waals surface area contributed by atoms with Gasteiger partial charge in [0.1, 0.15) is 0 Å². The van der Waals surface area contributed by atoms with Gasteiger partial charge in [-0.1, -0.05) is 6.92 Å². The topological polar surface area (TPSA) is 69.6 Å². The number of nitrogens with zero attached hydrogens (tertiary/aromatic N) is 1. The third-order valence-corrected chi connectivity index (χ3v) is 3.87. The second-order valence-electron chi connectivity index (χ2n) is 4.47. The van der Waals surface area contributed by atoms with E-state index in [2.05, 4.69) is 21.2 Å². The number of nitrogens with one attached hydrogen (secondary N) is 1. The SMILES string of the molecule is CCC(C)N(CC)C(=O)Nc1cc(C(=O)O)ccc1Br. The van der Waals surface area contributed by atoms with Gasteiger partial charge in [-0.3, -0.25) is 0 Å². The van der Waals surface area contributed by atoms with E-state index in [-0.39, 0.29) is 17.6 Å². The first-order valence-electron chi connectivity index (χ1n) is 6.51. The van der Waals surface area contributed by atoms with Gasteiger partial charge < -0.3 is 15.3 Å². The summed E-state index contributed by atoms with van der Waals surface area (Å²) >= 11 is 3.31. The van der Waals surface area contributed by atoms with Gasteiger partial charge in [0.15, 0.2) is 0 Å². The van der Waals surface area contributed by atoms with Crippen molar-refractivity contribution in [2.75, 3.05) is 11.9 Å². The van der Waals surface area contributed by atoms with Crippen molar-refractivity contribution < 1.29 is 14.7 Å².